The lowest BCUT2D eigenvalue weighted by molar-refractivity contribution is 0.104. The zero-order valence-corrected chi connectivity index (χ0v) is 17.3. The molecule has 0 aliphatic rings. The van der Waals surface area contributed by atoms with Gasteiger partial charge in [-0.1, -0.05) is 65.7 Å². The molecular formula is C26H23NO3. The summed E-state index contributed by atoms with van der Waals surface area (Å²) >= 11 is 0. The van der Waals surface area contributed by atoms with Crippen LogP contribution in [0.2, 0.25) is 0 Å². The van der Waals surface area contributed by atoms with Crippen molar-refractivity contribution in [2.24, 2.45) is 0 Å². The first-order valence-corrected chi connectivity index (χ1v) is 9.59. The summed E-state index contributed by atoms with van der Waals surface area (Å²) in [5.41, 5.74) is 4.53. The Labute approximate surface area is 177 Å². The van der Waals surface area contributed by atoms with Crippen LogP contribution in [0.4, 0.5) is 0 Å². The predicted molar refractivity (Wildman–Crippen MR) is 118 cm³/mol. The molecule has 3 aromatic rings. The highest BCUT2D eigenvalue weighted by Crippen LogP contribution is 2.30. The van der Waals surface area contributed by atoms with E-state index >= 15 is 0 Å². The fraction of sp³-hybridized carbons (Fsp3) is 0.154. The van der Waals surface area contributed by atoms with Crippen molar-refractivity contribution in [2.45, 2.75) is 20.5 Å². The molecule has 0 atom stereocenters. The number of ether oxygens (including phenoxy) is 2. The van der Waals surface area contributed by atoms with Gasteiger partial charge in [0.15, 0.2) is 11.5 Å². The van der Waals surface area contributed by atoms with E-state index in [4.69, 9.17) is 9.47 Å². The fourth-order valence-electron chi connectivity index (χ4n) is 3.03. The third kappa shape index (κ3) is 5.15. The molecule has 0 heterocycles. The second kappa shape index (κ2) is 9.58. The van der Waals surface area contributed by atoms with Crippen molar-refractivity contribution in [3.8, 4) is 17.6 Å². The number of allylic oxidation sites excluding steroid dienone is 1. The zero-order chi connectivity index (χ0) is 21.5. The number of rotatable bonds is 7. The number of Topliss-reactive ketones (excluding diaryl/α,β-unsaturated/α-hetero) is 1. The van der Waals surface area contributed by atoms with Crippen molar-refractivity contribution in [1.29, 1.82) is 5.26 Å². The van der Waals surface area contributed by atoms with Crippen molar-refractivity contribution >= 4 is 11.9 Å². The number of benzene rings is 3. The molecule has 150 valence electrons. The number of carbonyl (C=O) groups is 1. The van der Waals surface area contributed by atoms with Gasteiger partial charge in [0.25, 0.3) is 0 Å². The molecule has 4 nitrogen and oxygen atoms in total. The number of carbonyl (C=O) groups excluding carboxylic acids is 1. The Balaban J connectivity index is 1.81. The van der Waals surface area contributed by atoms with Crippen LogP contribution in [0.1, 0.15) is 32.6 Å². The molecule has 0 aromatic heterocycles. The molecule has 0 aliphatic carbocycles. The van der Waals surface area contributed by atoms with Crippen LogP contribution >= 0.6 is 0 Å². The normalized spacial score (nSPS) is 10.9. The molecule has 0 fully saturated rings. The Bertz CT molecular complexity index is 1120. The van der Waals surface area contributed by atoms with Crippen molar-refractivity contribution in [3.63, 3.8) is 0 Å². The van der Waals surface area contributed by atoms with Gasteiger partial charge in [-0.2, -0.15) is 5.26 Å². The van der Waals surface area contributed by atoms with E-state index in [9.17, 15) is 10.1 Å². The van der Waals surface area contributed by atoms with Crippen LogP contribution in [-0.4, -0.2) is 12.9 Å². The van der Waals surface area contributed by atoms with E-state index in [0.29, 0.717) is 29.2 Å². The lowest BCUT2D eigenvalue weighted by Crippen LogP contribution is -2.02. The Morgan fingerprint density at radius 3 is 2.40 bits per heavy atom. The second-order valence-corrected chi connectivity index (χ2v) is 7.05. The standard InChI is InChI=1S/C26H23NO3/c1-18-7-10-22(11-8-18)26(28)23(16-27)14-20-9-12-24(25(15-20)29-3)30-17-21-6-4-5-19(2)13-21/h4-15H,17H2,1-3H3/b23-14+. The Hall–Kier alpha value is -3.84. The van der Waals surface area contributed by atoms with Crippen LogP contribution in [-0.2, 0) is 6.61 Å². The van der Waals surface area contributed by atoms with E-state index in [1.54, 1.807) is 43.5 Å². The van der Waals surface area contributed by atoms with Crippen LogP contribution in [0.3, 0.4) is 0 Å². The van der Waals surface area contributed by atoms with Gasteiger partial charge in [-0.05, 0) is 43.2 Å². The van der Waals surface area contributed by atoms with E-state index in [1.165, 1.54) is 5.56 Å². The van der Waals surface area contributed by atoms with Gasteiger partial charge in [-0.3, -0.25) is 4.79 Å². The van der Waals surface area contributed by atoms with Gasteiger partial charge in [0, 0.05) is 5.56 Å². The molecule has 0 bridgehead atoms. The highest BCUT2D eigenvalue weighted by atomic mass is 16.5. The monoisotopic (exact) mass is 397 g/mol. The van der Waals surface area contributed by atoms with Crippen LogP contribution in [0, 0.1) is 25.2 Å². The first kappa shape index (κ1) is 20.9. The van der Waals surface area contributed by atoms with Crippen LogP contribution in [0.5, 0.6) is 11.5 Å². The fourth-order valence-corrected chi connectivity index (χ4v) is 3.03. The molecule has 0 saturated heterocycles. The van der Waals surface area contributed by atoms with E-state index < -0.39 is 0 Å². The number of hydrogen-bond acceptors (Lipinski definition) is 4. The maximum absolute atomic E-state index is 12.7. The molecule has 0 unspecified atom stereocenters. The van der Waals surface area contributed by atoms with Crippen LogP contribution in [0.25, 0.3) is 6.08 Å². The van der Waals surface area contributed by atoms with Gasteiger partial charge in [-0.15, -0.1) is 0 Å². The zero-order valence-electron chi connectivity index (χ0n) is 17.3. The number of aryl methyl sites for hydroxylation is 2. The molecule has 30 heavy (non-hydrogen) atoms. The maximum atomic E-state index is 12.7. The van der Waals surface area contributed by atoms with Crippen molar-refractivity contribution in [3.05, 3.63) is 100 Å². The molecule has 4 heteroatoms. The maximum Gasteiger partial charge on any atom is 0.203 e. The summed E-state index contributed by atoms with van der Waals surface area (Å²) in [7, 11) is 1.56. The van der Waals surface area contributed by atoms with Gasteiger partial charge in [0.1, 0.15) is 18.2 Å². The first-order chi connectivity index (χ1) is 14.5. The number of methoxy groups -OCH3 is 1. The molecule has 0 radical (unpaired) electrons. The number of hydrogen-bond donors (Lipinski definition) is 0. The van der Waals surface area contributed by atoms with Gasteiger partial charge in [0.2, 0.25) is 5.78 Å². The predicted octanol–water partition coefficient (Wildman–Crippen LogP) is 5.68. The molecular weight excluding hydrogens is 374 g/mol. The molecule has 3 rings (SSSR count). The van der Waals surface area contributed by atoms with Crippen LogP contribution < -0.4 is 9.47 Å². The summed E-state index contributed by atoms with van der Waals surface area (Å²) in [5, 5.41) is 9.49. The molecule has 0 spiro atoms. The van der Waals surface area contributed by atoms with Gasteiger partial charge >= 0.3 is 0 Å². The third-order valence-corrected chi connectivity index (χ3v) is 4.65. The largest absolute Gasteiger partial charge is 0.493 e. The highest BCUT2D eigenvalue weighted by molar-refractivity contribution is 6.14. The molecule has 0 amide bonds. The van der Waals surface area contributed by atoms with Crippen molar-refractivity contribution < 1.29 is 14.3 Å². The lowest BCUT2D eigenvalue weighted by atomic mass is 10.0. The van der Waals surface area contributed by atoms with E-state index in [0.717, 1.165) is 11.1 Å². The van der Waals surface area contributed by atoms with Gasteiger partial charge < -0.3 is 9.47 Å². The van der Waals surface area contributed by atoms with Gasteiger partial charge in [-0.25, -0.2) is 0 Å². The molecule has 0 aliphatic heterocycles. The third-order valence-electron chi connectivity index (χ3n) is 4.65. The number of ketones is 1. The molecule has 3 aromatic carbocycles. The molecule has 0 saturated carbocycles. The topological polar surface area (TPSA) is 59.3 Å². The summed E-state index contributed by atoms with van der Waals surface area (Å²) in [4.78, 5) is 12.7. The summed E-state index contributed by atoms with van der Waals surface area (Å²) in [6, 6.07) is 22.6. The van der Waals surface area contributed by atoms with E-state index in [2.05, 4.69) is 6.07 Å². The summed E-state index contributed by atoms with van der Waals surface area (Å²) in [6.45, 7) is 4.41. The summed E-state index contributed by atoms with van der Waals surface area (Å²) in [5.74, 6) is 0.826. The summed E-state index contributed by atoms with van der Waals surface area (Å²) in [6.07, 6.45) is 1.56. The summed E-state index contributed by atoms with van der Waals surface area (Å²) < 4.78 is 11.4. The quantitative estimate of drug-likeness (QED) is 0.292. The number of nitrogens with zero attached hydrogens (tertiary/aromatic N) is 1. The van der Waals surface area contributed by atoms with E-state index in [1.807, 2.05) is 50.2 Å². The first-order valence-electron chi connectivity index (χ1n) is 9.59. The average molecular weight is 397 g/mol. The van der Waals surface area contributed by atoms with Crippen molar-refractivity contribution in [1.82, 2.24) is 0 Å². The average Bonchev–Trinajstić information content (AvgIpc) is 2.76. The second-order valence-electron chi connectivity index (χ2n) is 7.05. The minimum Gasteiger partial charge on any atom is -0.493 e. The Morgan fingerprint density at radius 1 is 0.967 bits per heavy atom. The highest BCUT2D eigenvalue weighted by Gasteiger charge is 2.13. The van der Waals surface area contributed by atoms with Crippen LogP contribution in [0.15, 0.2) is 72.3 Å². The van der Waals surface area contributed by atoms with Gasteiger partial charge in [0.05, 0.1) is 7.11 Å². The Kier molecular flexibility index (Phi) is 6.67. The lowest BCUT2D eigenvalue weighted by Gasteiger charge is -2.12. The van der Waals surface area contributed by atoms with Crippen molar-refractivity contribution in [2.75, 3.05) is 7.11 Å². The SMILES string of the molecule is COc1cc(/C=C(\C#N)C(=O)c2ccc(C)cc2)ccc1OCc1cccc(C)c1. The molecule has 0 N–H and O–H groups in total. The smallest absolute Gasteiger partial charge is 0.203 e. The Morgan fingerprint density at radius 2 is 1.73 bits per heavy atom. The number of nitriles is 1. The minimum atomic E-state index is -0.309. The minimum absolute atomic E-state index is 0.0642. The van der Waals surface area contributed by atoms with E-state index in [-0.39, 0.29) is 11.4 Å².